The molecule has 1 unspecified atom stereocenters. The lowest BCUT2D eigenvalue weighted by atomic mass is 10.2. The summed E-state index contributed by atoms with van der Waals surface area (Å²) in [6.45, 7) is 1.57. The molecule has 0 aliphatic carbocycles. The Labute approximate surface area is 68.5 Å². The second kappa shape index (κ2) is 3.40. The number of esters is 1. The van der Waals surface area contributed by atoms with Crippen molar-refractivity contribution in [2.75, 3.05) is 13.2 Å². The third-order valence-corrected chi connectivity index (χ3v) is 1.35. The van der Waals surface area contributed by atoms with Gasteiger partial charge in [-0.2, -0.15) is 0 Å². The highest BCUT2D eigenvalue weighted by atomic mass is 16.9. The quantitative estimate of drug-likeness (QED) is 0.421. The molecule has 0 bridgehead atoms. The van der Waals surface area contributed by atoms with E-state index in [2.05, 4.69) is 9.57 Å². The van der Waals surface area contributed by atoms with Crippen molar-refractivity contribution in [1.29, 1.82) is 0 Å². The molecule has 0 aromatic heterocycles. The summed E-state index contributed by atoms with van der Waals surface area (Å²) in [4.78, 5) is 15.2. The summed E-state index contributed by atoms with van der Waals surface area (Å²) in [5.74, 6) is -0.836. The minimum absolute atomic E-state index is 0.0112. The van der Waals surface area contributed by atoms with E-state index in [1.165, 1.54) is 0 Å². The fourth-order valence-corrected chi connectivity index (χ4v) is 0.824. The number of carbonyl (C=O) groups is 1. The smallest absolute Gasteiger partial charge is 0.408 e. The van der Waals surface area contributed by atoms with E-state index >= 15 is 0 Å². The van der Waals surface area contributed by atoms with Crippen LogP contribution in [0.3, 0.4) is 0 Å². The number of hydrogen-bond acceptors (Lipinski definition) is 5. The minimum Gasteiger partial charge on any atom is -0.458 e. The third-order valence-electron chi connectivity index (χ3n) is 1.35. The second-order valence-corrected chi connectivity index (χ2v) is 2.17. The predicted molar refractivity (Wildman–Crippen MR) is 37.2 cm³/mol. The van der Waals surface area contributed by atoms with Gasteiger partial charge >= 0.3 is 11.7 Å². The van der Waals surface area contributed by atoms with E-state index in [9.17, 15) is 10.0 Å². The Morgan fingerprint density at radius 2 is 2.67 bits per heavy atom. The Kier molecular flexibility index (Phi) is 2.49. The van der Waals surface area contributed by atoms with Gasteiger partial charge in [0.25, 0.3) is 0 Å². The summed E-state index contributed by atoms with van der Waals surface area (Å²) in [6.07, 6.45) is -1.18. The Bertz CT molecular complexity index is 224. The summed E-state index contributed by atoms with van der Waals surface area (Å²) in [6, 6.07) is 0. The normalized spacial score (nSPS) is 22.3. The maximum absolute atomic E-state index is 10.9. The van der Waals surface area contributed by atoms with Crippen LogP contribution in [0.25, 0.3) is 0 Å². The topological polar surface area (TPSA) is 81.8 Å². The molecule has 0 aromatic carbocycles. The van der Waals surface area contributed by atoms with Crippen LogP contribution in [-0.2, 0) is 14.4 Å². The maximum atomic E-state index is 10.9. The van der Waals surface area contributed by atoms with Gasteiger partial charge in [0.15, 0.2) is 6.10 Å². The molecule has 1 aliphatic heterocycles. The van der Waals surface area contributed by atoms with Crippen LogP contribution >= 0.6 is 0 Å². The first-order chi connectivity index (χ1) is 5.66. The number of carbonyl (C=O) groups excluding carboxylic acids is 1. The molecule has 1 aliphatic rings. The van der Waals surface area contributed by atoms with Crippen LogP contribution in [0.15, 0.2) is 0 Å². The maximum Gasteiger partial charge on any atom is 0.408 e. The number of hydrogen-bond donors (Lipinski definition) is 1. The van der Waals surface area contributed by atoms with Crippen LogP contribution in [0.4, 0.5) is 0 Å². The van der Waals surface area contributed by atoms with E-state index in [4.69, 9.17) is 5.11 Å². The van der Waals surface area contributed by atoms with Crippen molar-refractivity contribution in [2.45, 2.75) is 13.0 Å². The highest BCUT2D eigenvalue weighted by molar-refractivity contribution is 6.36. The van der Waals surface area contributed by atoms with Crippen molar-refractivity contribution in [2.24, 2.45) is 0 Å². The largest absolute Gasteiger partial charge is 0.458 e. The molecule has 1 heterocycles. The van der Waals surface area contributed by atoms with Crippen LogP contribution in [0.1, 0.15) is 6.92 Å². The molecule has 0 aromatic rings. The van der Waals surface area contributed by atoms with Crippen molar-refractivity contribution >= 4 is 11.7 Å². The Morgan fingerprint density at radius 1 is 2.00 bits per heavy atom. The average Bonchev–Trinajstić information content (AvgIpc) is 2.32. The van der Waals surface area contributed by atoms with Crippen LogP contribution in [0, 0.1) is 5.21 Å². The molecule has 0 saturated heterocycles. The van der Waals surface area contributed by atoms with Gasteiger partial charge in [-0.05, 0) is 6.92 Å². The highest BCUT2D eigenvalue weighted by Gasteiger charge is 2.37. The van der Waals surface area contributed by atoms with E-state index in [1.807, 2.05) is 0 Å². The van der Waals surface area contributed by atoms with Crippen LogP contribution in [-0.4, -0.2) is 41.0 Å². The monoisotopic (exact) mass is 175 g/mol. The summed E-state index contributed by atoms with van der Waals surface area (Å²) in [5.41, 5.74) is -0.392. The van der Waals surface area contributed by atoms with Crippen LogP contribution in [0.2, 0.25) is 0 Å². The van der Waals surface area contributed by atoms with Gasteiger partial charge in [0.2, 0.25) is 0 Å². The third kappa shape index (κ3) is 1.48. The molecule has 0 saturated carbocycles. The molecule has 1 atom stereocenters. The first-order valence-electron chi connectivity index (χ1n) is 3.49. The minimum atomic E-state index is -1.18. The van der Waals surface area contributed by atoms with Crippen LogP contribution in [0.5, 0.6) is 0 Å². The highest BCUT2D eigenvalue weighted by Crippen LogP contribution is 2.02. The zero-order valence-electron chi connectivity index (χ0n) is 6.52. The van der Waals surface area contributed by atoms with Crippen molar-refractivity contribution in [1.82, 2.24) is 0 Å². The molecule has 12 heavy (non-hydrogen) atoms. The lowest BCUT2D eigenvalue weighted by Crippen LogP contribution is -2.31. The molecule has 0 amide bonds. The van der Waals surface area contributed by atoms with Crippen molar-refractivity contribution in [3.63, 3.8) is 0 Å². The van der Waals surface area contributed by atoms with E-state index in [0.29, 0.717) is 0 Å². The molecule has 6 nitrogen and oxygen atoms in total. The molecule has 6 heteroatoms. The number of aliphatic hydroxyl groups is 1. The summed E-state index contributed by atoms with van der Waals surface area (Å²) < 4.78 is 4.51. The molecule has 0 fully saturated rings. The van der Waals surface area contributed by atoms with Gasteiger partial charge in [-0.25, -0.2) is 4.79 Å². The van der Waals surface area contributed by atoms with E-state index in [1.54, 1.807) is 6.92 Å². The van der Waals surface area contributed by atoms with Gasteiger partial charge < -0.3 is 14.7 Å². The number of nitrogens with zero attached hydrogens (tertiary/aromatic N) is 1. The number of rotatable bonds is 2. The Morgan fingerprint density at radius 3 is 3.08 bits per heavy atom. The zero-order valence-corrected chi connectivity index (χ0v) is 6.52. The van der Waals surface area contributed by atoms with Crippen molar-refractivity contribution in [3.8, 4) is 0 Å². The number of aliphatic hydroxyl groups excluding tert-OH is 1. The SMILES string of the molecule is CCOC(=O)C1=[N+]([O-])OCC1O. The first kappa shape index (κ1) is 8.79. The first-order valence-corrected chi connectivity index (χ1v) is 3.49. The molecule has 0 spiro atoms. The summed E-state index contributed by atoms with van der Waals surface area (Å²) in [5, 5.41) is 19.7. The summed E-state index contributed by atoms with van der Waals surface area (Å²) >= 11 is 0. The van der Waals surface area contributed by atoms with Gasteiger partial charge in [-0.15, -0.1) is 0 Å². The Hall–Kier alpha value is -1.30. The van der Waals surface area contributed by atoms with E-state index < -0.39 is 17.8 Å². The number of ether oxygens (including phenoxy) is 1. The van der Waals surface area contributed by atoms with Gasteiger partial charge in [0.1, 0.15) is 0 Å². The fourth-order valence-electron chi connectivity index (χ4n) is 0.824. The van der Waals surface area contributed by atoms with Crippen LogP contribution < -0.4 is 0 Å². The molecular formula is C6H9NO5. The van der Waals surface area contributed by atoms with Gasteiger partial charge in [-0.3, -0.25) is 5.21 Å². The van der Waals surface area contributed by atoms with Gasteiger partial charge in [0.05, 0.1) is 18.1 Å². The average molecular weight is 175 g/mol. The lowest BCUT2D eigenvalue weighted by molar-refractivity contribution is -0.730. The molecule has 1 N–H and O–H groups in total. The molecular weight excluding hydrogens is 166 g/mol. The van der Waals surface area contributed by atoms with Crippen molar-refractivity contribution in [3.05, 3.63) is 5.21 Å². The molecule has 68 valence electrons. The van der Waals surface area contributed by atoms with E-state index in [0.717, 1.165) is 0 Å². The van der Waals surface area contributed by atoms with E-state index in [-0.39, 0.29) is 18.1 Å². The standard InChI is InChI=1S/C6H9NO5/c1-2-11-6(9)5-4(8)3-12-7(5)10/h4,8H,2-3H2,1H3. The van der Waals surface area contributed by atoms with Gasteiger partial charge in [0, 0.05) is 0 Å². The van der Waals surface area contributed by atoms with Crippen molar-refractivity contribution < 1.29 is 24.4 Å². The second-order valence-electron chi connectivity index (χ2n) is 2.17. The predicted octanol–water partition coefficient (Wildman–Crippen LogP) is -1.19. The lowest BCUT2D eigenvalue weighted by Gasteiger charge is -1.98. The van der Waals surface area contributed by atoms with Gasteiger partial charge in [-0.1, -0.05) is 0 Å². The Balaban J connectivity index is 2.72. The fraction of sp³-hybridized carbons (Fsp3) is 0.667. The molecule has 1 rings (SSSR count). The summed E-state index contributed by atoms with van der Waals surface area (Å²) in [7, 11) is 0. The molecule has 0 radical (unpaired) electrons. The zero-order chi connectivity index (χ0) is 9.14.